The van der Waals surface area contributed by atoms with Gasteiger partial charge in [0.25, 0.3) is 0 Å². The number of carboxylic acids is 1. The fraction of sp³-hybridized carbons (Fsp3) is 0.905. The number of nitrogens with two attached hydrogens (primary N) is 1. The molecule has 0 spiro atoms. The van der Waals surface area contributed by atoms with E-state index in [-0.39, 0.29) is 12.3 Å². The monoisotopic (exact) mass is 370 g/mol. The molecule has 2 unspecified atom stereocenters. The van der Waals surface area contributed by atoms with Crippen LogP contribution in [-0.4, -0.2) is 40.5 Å². The Hall–Kier alpha value is -1.10. The first-order chi connectivity index (χ1) is 12.4. The fourth-order valence-electron chi connectivity index (χ4n) is 4.06. The molecule has 5 nitrogen and oxygen atoms in total. The summed E-state index contributed by atoms with van der Waals surface area (Å²) in [5.41, 5.74) is 4.54. The molecule has 0 bridgehead atoms. The molecule has 26 heavy (non-hydrogen) atoms. The second-order valence-electron chi connectivity index (χ2n) is 7.48. The number of carbonyl (C=O) groups is 2. The van der Waals surface area contributed by atoms with Crippen LogP contribution in [0.5, 0.6) is 0 Å². The molecule has 0 rings (SSSR count). The van der Waals surface area contributed by atoms with Gasteiger partial charge in [0, 0.05) is 6.42 Å². The topological polar surface area (TPSA) is 83.6 Å². The van der Waals surface area contributed by atoms with Crippen molar-refractivity contribution < 1.29 is 14.7 Å². The Kier molecular flexibility index (Phi) is 13.4. The van der Waals surface area contributed by atoms with Crippen molar-refractivity contribution in [2.24, 2.45) is 11.7 Å². The molecule has 0 radical (unpaired) electrons. The van der Waals surface area contributed by atoms with Crippen molar-refractivity contribution in [1.29, 1.82) is 0 Å². The van der Waals surface area contributed by atoms with Crippen LogP contribution >= 0.6 is 0 Å². The maximum atomic E-state index is 12.6. The van der Waals surface area contributed by atoms with Crippen LogP contribution in [0, 0.1) is 5.92 Å². The van der Waals surface area contributed by atoms with Gasteiger partial charge in [0.2, 0.25) is 5.91 Å². The molecule has 0 fully saturated rings. The van der Waals surface area contributed by atoms with E-state index in [2.05, 4.69) is 25.7 Å². The number of rotatable bonds is 17. The molecule has 0 aromatic carbocycles. The van der Waals surface area contributed by atoms with Crippen molar-refractivity contribution in [3.63, 3.8) is 0 Å². The summed E-state index contributed by atoms with van der Waals surface area (Å²) < 4.78 is 0. The van der Waals surface area contributed by atoms with Crippen LogP contribution in [0.4, 0.5) is 0 Å². The van der Waals surface area contributed by atoms with E-state index in [0.717, 1.165) is 57.9 Å². The van der Waals surface area contributed by atoms with E-state index in [4.69, 9.17) is 5.73 Å². The normalized spacial score (nSPS) is 15.0. The molecule has 0 aliphatic carbocycles. The van der Waals surface area contributed by atoms with Crippen molar-refractivity contribution >= 4 is 11.9 Å². The van der Waals surface area contributed by atoms with Crippen LogP contribution in [-0.2, 0) is 9.59 Å². The lowest BCUT2D eigenvalue weighted by molar-refractivity contribution is -0.158. The summed E-state index contributed by atoms with van der Waals surface area (Å²) in [4.78, 5) is 26.5. The molecule has 0 saturated heterocycles. The number of likely N-dealkylation sites (N-methyl/N-ethyl adjacent to an activating group) is 1. The van der Waals surface area contributed by atoms with Crippen molar-refractivity contribution in [1.82, 2.24) is 4.90 Å². The van der Waals surface area contributed by atoms with Crippen LogP contribution in [0.15, 0.2) is 0 Å². The van der Waals surface area contributed by atoms with Gasteiger partial charge >= 0.3 is 5.97 Å². The smallest absolute Gasteiger partial charge is 0.324 e. The van der Waals surface area contributed by atoms with Gasteiger partial charge in [-0.3, -0.25) is 14.5 Å². The van der Waals surface area contributed by atoms with Crippen LogP contribution in [0.25, 0.3) is 0 Å². The Morgan fingerprint density at radius 2 is 1.58 bits per heavy atom. The molecule has 0 aromatic rings. The number of unbranched alkanes of at least 4 members (excludes halogenated alkanes) is 5. The third-order valence-corrected chi connectivity index (χ3v) is 5.54. The summed E-state index contributed by atoms with van der Waals surface area (Å²) in [5, 5.41) is 10.3. The highest BCUT2D eigenvalue weighted by molar-refractivity contribution is 5.81. The van der Waals surface area contributed by atoms with Crippen molar-refractivity contribution in [2.75, 3.05) is 13.1 Å². The van der Waals surface area contributed by atoms with E-state index in [1.807, 2.05) is 6.92 Å². The van der Waals surface area contributed by atoms with E-state index >= 15 is 0 Å². The standard InChI is InChI=1S/C21H42N2O3/c1-5-9-12-13-16-23(8-4)21(20(25)26,15-11-7-3)18(14-10-6-2)17-19(22)24/h18H,5-17H2,1-4H3,(H2,22,24)(H,25,26). The minimum Gasteiger partial charge on any atom is -0.480 e. The van der Waals surface area contributed by atoms with E-state index in [0.29, 0.717) is 13.0 Å². The molecule has 0 saturated carbocycles. The van der Waals surface area contributed by atoms with E-state index in [1.165, 1.54) is 6.42 Å². The highest BCUT2D eigenvalue weighted by Crippen LogP contribution is 2.37. The summed E-state index contributed by atoms with van der Waals surface area (Å²) in [5.74, 6) is -1.41. The van der Waals surface area contributed by atoms with Gasteiger partial charge in [-0.05, 0) is 38.3 Å². The zero-order chi connectivity index (χ0) is 20.0. The van der Waals surface area contributed by atoms with Crippen LogP contribution < -0.4 is 5.73 Å². The summed E-state index contributed by atoms with van der Waals surface area (Å²) >= 11 is 0. The van der Waals surface area contributed by atoms with Crippen molar-refractivity contribution in [3.8, 4) is 0 Å². The minimum absolute atomic E-state index is 0.154. The molecule has 0 aliphatic rings. The average molecular weight is 371 g/mol. The summed E-state index contributed by atoms with van der Waals surface area (Å²) in [7, 11) is 0. The van der Waals surface area contributed by atoms with Gasteiger partial charge in [-0.2, -0.15) is 0 Å². The molecular formula is C21H42N2O3. The quantitative estimate of drug-likeness (QED) is 0.367. The Balaban J connectivity index is 5.74. The van der Waals surface area contributed by atoms with Crippen LogP contribution in [0.1, 0.15) is 98.3 Å². The first-order valence-electron chi connectivity index (χ1n) is 10.7. The van der Waals surface area contributed by atoms with Gasteiger partial charge < -0.3 is 10.8 Å². The Labute approximate surface area is 160 Å². The predicted octanol–water partition coefficient (Wildman–Crippen LogP) is 4.58. The van der Waals surface area contributed by atoms with Crippen molar-refractivity contribution in [3.05, 3.63) is 0 Å². The van der Waals surface area contributed by atoms with Gasteiger partial charge in [0.15, 0.2) is 0 Å². The SMILES string of the molecule is CCCCCCN(CC)C(CCCC)(C(=O)O)C(CCCC)CC(N)=O. The fourth-order valence-corrected chi connectivity index (χ4v) is 4.06. The van der Waals surface area contributed by atoms with E-state index in [1.54, 1.807) is 0 Å². The molecule has 1 amide bonds. The first kappa shape index (κ1) is 24.9. The maximum absolute atomic E-state index is 12.6. The highest BCUT2D eigenvalue weighted by atomic mass is 16.4. The average Bonchev–Trinajstić information content (AvgIpc) is 2.60. The van der Waals surface area contributed by atoms with E-state index in [9.17, 15) is 14.7 Å². The van der Waals surface area contributed by atoms with Gasteiger partial charge in [-0.15, -0.1) is 0 Å². The Morgan fingerprint density at radius 1 is 0.962 bits per heavy atom. The lowest BCUT2D eigenvalue weighted by Crippen LogP contribution is -2.60. The lowest BCUT2D eigenvalue weighted by atomic mass is 9.73. The number of aliphatic carboxylic acids is 1. The number of amides is 1. The second-order valence-corrected chi connectivity index (χ2v) is 7.48. The lowest BCUT2D eigenvalue weighted by Gasteiger charge is -2.46. The van der Waals surface area contributed by atoms with Gasteiger partial charge in [-0.1, -0.05) is 72.6 Å². The number of nitrogens with zero attached hydrogens (tertiary/aromatic N) is 1. The number of hydrogen-bond donors (Lipinski definition) is 2. The Morgan fingerprint density at radius 3 is 2.04 bits per heavy atom. The van der Waals surface area contributed by atoms with Crippen LogP contribution in [0.2, 0.25) is 0 Å². The van der Waals surface area contributed by atoms with Gasteiger partial charge in [0.05, 0.1) is 0 Å². The van der Waals surface area contributed by atoms with E-state index < -0.39 is 17.4 Å². The largest absolute Gasteiger partial charge is 0.480 e. The molecule has 0 aromatic heterocycles. The summed E-state index contributed by atoms with van der Waals surface area (Å²) in [6.07, 6.45) is 9.63. The molecule has 0 aliphatic heterocycles. The predicted molar refractivity (Wildman–Crippen MR) is 108 cm³/mol. The third-order valence-electron chi connectivity index (χ3n) is 5.54. The zero-order valence-electron chi connectivity index (χ0n) is 17.6. The van der Waals surface area contributed by atoms with Gasteiger partial charge in [0.1, 0.15) is 5.54 Å². The highest BCUT2D eigenvalue weighted by Gasteiger charge is 2.49. The number of hydrogen-bond acceptors (Lipinski definition) is 3. The summed E-state index contributed by atoms with van der Waals surface area (Å²) in [6.45, 7) is 9.84. The van der Waals surface area contributed by atoms with Crippen molar-refractivity contribution in [2.45, 2.75) is 104 Å². The molecule has 3 N–H and O–H groups in total. The molecule has 5 heteroatoms. The number of carboxylic acid groups (broad SMARTS) is 1. The van der Waals surface area contributed by atoms with Crippen LogP contribution in [0.3, 0.4) is 0 Å². The molecule has 154 valence electrons. The third kappa shape index (κ3) is 7.65. The molecular weight excluding hydrogens is 328 g/mol. The van der Waals surface area contributed by atoms with Gasteiger partial charge in [-0.25, -0.2) is 0 Å². The zero-order valence-corrected chi connectivity index (χ0v) is 17.6. The number of primary amides is 1. The first-order valence-corrected chi connectivity index (χ1v) is 10.7. The molecule has 0 heterocycles. The maximum Gasteiger partial charge on any atom is 0.324 e. The number of carbonyl (C=O) groups excluding carboxylic acids is 1. The Bertz CT molecular complexity index is 401. The second kappa shape index (κ2) is 14.0. The minimum atomic E-state index is -0.985. The summed E-state index contributed by atoms with van der Waals surface area (Å²) in [6, 6.07) is 0. The molecule has 2 atom stereocenters.